The van der Waals surface area contributed by atoms with Gasteiger partial charge in [-0.1, -0.05) is 0 Å². The first-order valence-electron chi connectivity index (χ1n) is 5.56. The molecule has 0 spiro atoms. The number of carbonyl (C=O) groups excluding carboxylic acids is 1. The monoisotopic (exact) mass is 232 g/mol. The molecular weight excluding hydrogens is 219 g/mol. The summed E-state index contributed by atoms with van der Waals surface area (Å²) in [5, 5.41) is 11.7. The fourth-order valence-electron chi connectivity index (χ4n) is 1.93. The second-order valence-corrected chi connectivity index (χ2v) is 4.46. The van der Waals surface area contributed by atoms with Gasteiger partial charge >= 0.3 is 0 Å². The Bertz CT molecular complexity index is 501. The average Bonchev–Trinajstić information content (AvgIpc) is 2.21. The van der Waals surface area contributed by atoms with Crippen molar-refractivity contribution in [3.63, 3.8) is 0 Å². The lowest BCUT2D eigenvalue weighted by Crippen LogP contribution is -2.40. The maximum absolute atomic E-state index is 12.9. The Morgan fingerprint density at radius 1 is 1.53 bits per heavy atom. The van der Waals surface area contributed by atoms with Crippen molar-refractivity contribution < 1.29 is 9.18 Å². The van der Waals surface area contributed by atoms with Crippen molar-refractivity contribution in [3.05, 3.63) is 29.6 Å². The third-order valence-corrected chi connectivity index (χ3v) is 3.29. The van der Waals surface area contributed by atoms with E-state index in [0.29, 0.717) is 24.1 Å². The predicted octanol–water partition coefficient (Wildman–Crippen LogP) is 2.77. The number of rotatable bonds is 2. The molecule has 2 rings (SSSR count). The quantitative estimate of drug-likeness (QED) is 0.852. The van der Waals surface area contributed by atoms with Crippen molar-refractivity contribution in [1.82, 2.24) is 0 Å². The zero-order chi connectivity index (χ0) is 12.5. The third kappa shape index (κ3) is 2.01. The van der Waals surface area contributed by atoms with Gasteiger partial charge in [-0.2, -0.15) is 5.26 Å². The van der Waals surface area contributed by atoms with Crippen LogP contribution in [0, 0.1) is 29.5 Å². The first-order chi connectivity index (χ1) is 8.07. The molecular formula is C13H13FN2O. The SMILES string of the molecule is Cc1cc(F)ccc1NC(=O)C1(C#N)CCC1. The Balaban J connectivity index is 2.16. The van der Waals surface area contributed by atoms with E-state index in [1.807, 2.05) is 0 Å². The summed E-state index contributed by atoms with van der Waals surface area (Å²) in [7, 11) is 0. The fourth-order valence-corrected chi connectivity index (χ4v) is 1.93. The van der Waals surface area contributed by atoms with Crippen molar-refractivity contribution in [2.45, 2.75) is 26.2 Å². The van der Waals surface area contributed by atoms with E-state index in [9.17, 15) is 9.18 Å². The number of halogens is 1. The maximum Gasteiger partial charge on any atom is 0.244 e. The van der Waals surface area contributed by atoms with Crippen LogP contribution in [0.4, 0.5) is 10.1 Å². The van der Waals surface area contributed by atoms with Crippen LogP contribution in [0.15, 0.2) is 18.2 Å². The summed E-state index contributed by atoms with van der Waals surface area (Å²) in [6, 6.07) is 6.25. The first-order valence-corrected chi connectivity index (χ1v) is 5.56. The lowest BCUT2D eigenvalue weighted by molar-refractivity contribution is -0.126. The van der Waals surface area contributed by atoms with Crippen LogP contribution in [0.3, 0.4) is 0 Å². The minimum Gasteiger partial charge on any atom is -0.324 e. The van der Waals surface area contributed by atoms with Crippen LogP contribution in [0.2, 0.25) is 0 Å². The molecule has 1 aromatic carbocycles. The summed E-state index contributed by atoms with van der Waals surface area (Å²) >= 11 is 0. The van der Waals surface area contributed by atoms with Crippen molar-refractivity contribution in [1.29, 1.82) is 5.26 Å². The first kappa shape index (κ1) is 11.6. The number of aryl methyl sites for hydroxylation is 1. The molecule has 88 valence electrons. The van der Waals surface area contributed by atoms with E-state index in [4.69, 9.17) is 5.26 Å². The zero-order valence-electron chi connectivity index (χ0n) is 9.59. The summed E-state index contributed by atoms with van der Waals surface area (Å²) in [6.45, 7) is 1.72. The molecule has 1 amide bonds. The normalized spacial score (nSPS) is 16.8. The molecule has 0 aromatic heterocycles. The fraction of sp³-hybridized carbons (Fsp3) is 0.385. The van der Waals surface area contributed by atoms with E-state index < -0.39 is 5.41 Å². The number of nitrogens with zero attached hydrogens (tertiary/aromatic N) is 1. The third-order valence-electron chi connectivity index (χ3n) is 3.29. The minimum absolute atomic E-state index is 0.277. The molecule has 0 aliphatic heterocycles. The molecule has 0 atom stereocenters. The summed E-state index contributed by atoms with van der Waals surface area (Å²) < 4.78 is 12.9. The van der Waals surface area contributed by atoms with E-state index >= 15 is 0 Å². The molecule has 1 aliphatic carbocycles. The highest BCUT2D eigenvalue weighted by Crippen LogP contribution is 2.41. The van der Waals surface area contributed by atoms with Crippen LogP contribution < -0.4 is 5.32 Å². The van der Waals surface area contributed by atoms with E-state index in [2.05, 4.69) is 11.4 Å². The second kappa shape index (κ2) is 4.17. The highest BCUT2D eigenvalue weighted by Gasteiger charge is 2.44. The highest BCUT2D eigenvalue weighted by atomic mass is 19.1. The number of hydrogen-bond donors (Lipinski definition) is 1. The van der Waals surface area contributed by atoms with Crippen LogP contribution in [0.5, 0.6) is 0 Å². The Hall–Kier alpha value is -1.89. The molecule has 1 N–H and O–H groups in total. The summed E-state index contributed by atoms with van der Waals surface area (Å²) in [5.74, 6) is -0.611. The summed E-state index contributed by atoms with van der Waals surface area (Å²) in [4.78, 5) is 12.0. The lowest BCUT2D eigenvalue weighted by Gasteiger charge is -2.33. The highest BCUT2D eigenvalue weighted by molar-refractivity contribution is 5.98. The number of benzene rings is 1. The van der Waals surface area contributed by atoms with Crippen molar-refractivity contribution in [2.75, 3.05) is 5.32 Å². The molecule has 3 nitrogen and oxygen atoms in total. The molecule has 17 heavy (non-hydrogen) atoms. The van der Waals surface area contributed by atoms with E-state index in [1.54, 1.807) is 6.92 Å². The standard InChI is InChI=1S/C13H13FN2O/c1-9-7-10(14)3-4-11(9)16-12(17)13(8-15)5-2-6-13/h3-4,7H,2,5-6H2,1H3,(H,16,17). The van der Waals surface area contributed by atoms with Crippen molar-refractivity contribution >= 4 is 11.6 Å². The smallest absolute Gasteiger partial charge is 0.244 e. The Labute approximate surface area is 99.2 Å². The molecule has 4 heteroatoms. The number of hydrogen-bond acceptors (Lipinski definition) is 2. The number of nitriles is 1. The van der Waals surface area contributed by atoms with Crippen LogP contribution in [0.1, 0.15) is 24.8 Å². The topological polar surface area (TPSA) is 52.9 Å². The van der Waals surface area contributed by atoms with Crippen LogP contribution in [-0.2, 0) is 4.79 Å². The number of nitrogens with one attached hydrogen (secondary N) is 1. The lowest BCUT2D eigenvalue weighted by atomic mass is 9.69. The van der Waals surface area contributed by atoms with Gasteiger partial charge in [0.05, 0.1) is 6.07 Å². The maximum atomic E-state index is 12.9. The van der Waals surface area contributed by atoms with Gasteiger partial charge in [-0.15, -0.1) is 0 Å². The molecule has 0 heterocycles. The summed E-state index contributed by atoms with van der Waals surface area (Å²) in [5.41, 5.74) is 0.351. The van der Waals surface area contributed by atoms with E-state index in [-0.39, 0.29) is 11.7 Å². The Morgan fingerprint density at radius 2 is 2.24 bits per heavy atom. The van der Waals surface area contributed by atoms with Gasteiger partial charge in [0.15, 0.2) is 0 Å². The number of anilines is 1. The molecule has 1 saturated carbocycles. The van der Waals surface area contributed by atoms with Gasteiger partial charge in [-0.3, -0.25) is 4.79 Å². The van der Waals surface area contributed by atoms with Gasteiger partial charge in [-0.05, 0) is 49.9 Å². The second-order valence-electron chi connectivity index (χ2n) is 4.46. The molecule has 1 fully saturated rings. The van der Waals surface area contributed by atoms with Crippen molar-refractivity contribution in [2.24, 2.45) is 5.41 Å². The minimum atomic E-state index is -0.874. The largest absolute Gasteiger partial charge is 0.324 e. The van der Waals surface area contributed by atoms with Gasteiger partial charge < -0.3 is 5.32 Å². The predicted molar refractivity (Wildman–Crippen MR) is 61.7 cm³/mol. The number of amides is 1. The Morgan fingerprint density at radius 3 is 2.71 bits per heavy atom. The van der Waals surface area contributed by atoms with E-state index in [1.165, 1.54) is 18.2 Å². The van der Waals surface area contributed by atoms with Crippen LogP contribution in [-0.4, -0.2) is 5.91 Å². The van der Waals surface area contributed by atoms with Gasteiger partial charge in [0.1, 0.15) is 11.2 Å². The van der Waals surface area contributed by atoms with Crippen LogP contribution >= 0.6 is 0 Å². The molecule has 0 unspecified atom stereocenters. The Kier molecular flexibility index (Phi) is 2.84. The molecule has 0 saturated heterocycles. The molecule has 1 aromatic rings. The average molecular weight is 232 g/mol. The molecule has 1 aliphatic rings. The molecule has 0 radical (unpaired) electrons. The van der Waals surface area contributed by atoms with Gasteiger partial charge in [0, 0.05) is 5.69 Å². The summed E-state index contributed by atoms with van der Waals surface area (Å²) in [6.07, 6.45) is 2.12. The van der Waals surface area contributed by atoms with Gasteiger partial charge in [-0.25, -0.2) is 4.39 Å². The number of carbonyl (C=O) groups is 1. The van der Waals surface area contributed by atoms with Gasteiger partial charge in [0.2, 0.25) is 5.91 Å². The molecule has 0 bridgehead atoms. The van der Waals surface area contributed by atoms with E-state index in [0.717, 1.165) is 6.42 Å². The van der Waals surface area contributed by atoms with Gasteiger partial charge in [0.25, 0.3) is 0 Å². The van der Waals surface area contributed by atoms with Crippen LogP contribution in [0.25, 0.3) is 0 Å². The van der Waals surface area contributed by atoms with Crippen molar-refractivity contribution in [3.8, 4) is 6.07 Å². The zero-order valence-corrected chi connectivity index (χ0v) is 9.59.